The van der Waals surface area contributed by atoms with E-state index in [1.54, 1.807) is 13.0 Å². The number of fused-ring (bicyclic) bond motifs is 5. The molecule has 0 aromatic heterocycles. The number of esters is 1. The highest BCUT2D eigenvalue weighted by molar-refractivity contribution is 6.01. The SMILES string of the molecule is CC(=O)O[C@]1(C(C)=O)CC[C@H]2[C@@H]3CC(C)C4=CC(=O)C=C[C@]4(C)[C@@]3(F)C(O)C[C@@]21C. The third kappa shape index (κ3) is 2.34. The third-order valence-electron chi connectivity index (χ3n) is 8.98. The standard InChI is InChI=1S/C24H31FO5/c1-13-10-19-17-7-9-23(14(2)26,30-15(3)27)22(17,5)12-20(29)24(19,25)21(4)8-6-16(28)11-18(13)21/h6,8,11,13,17,19-20,29H,7,9-10,12H2,1-5H3/t13?,17-,19-,20?,21-,22-,23-,24-/m0/s1. The fourth-order valence-corrected chi connectivity index (χ4v) is 7.65. The average Bonchev–Trinajstić information content (AvgIpc) is 2.92. The number of hydrogen-bond acceptors (Lipinski definition) is 5. The van der Waals surface area contributed by atoms with Gasteiger partial charge in [0.2, 0.25) is 0 Å². The number of allylic oxidation sites excluding steroid dienone is 4. The molecule has 0 aromatic carbocycles. The Bertz CT molecular complexity index is 892. The molecule has 0 bridgehead atoms. The Morgan fingerprint density at radius 2 is 1.90 bits per heavy atom. The van der Waals surface area contributed by atoms with Crippen LogP contribution >= 0.6 is 0 Å². The summed E-state index contributed by atoms with van der Waals surface area (Å²) >= 11 is 0. The van der Waals surface area contributed by atoms with E-state index < -0.39 is 40.1 Å². The van der Waals surface area contributed by atoms with Crippen LogP contribution in [-0.4, -0.2) is 40.0 Å². The Hall–Kier alpha value is -1.82. The van der Waals surface area contributed by atoms with Gasteiger partial charge in [0, 0.05) is 23.7 Å². The van der Waals surface area contributed by atoms with Crippen LogP contribution in [0.3, 0.4) is 0 Å². The van der Waals surface area contributed by atoms with E-state index in [4.69, 9.17) is 4.74 Å². The number of aliphatic hydroxyl groups excluding tert-OH is 1. The molecule has 3 saturated carbocycles. The highest BCUT2D eigenvalue weighted by Gasteiger charge is 2.75. The molecule has 164 valence electrons. The van der Waals surface area contributed by atoms with Gasteiger partial charge in [0.1, 0.15) is 0 Å². The van der Waals surface area contributed by atoms with Gasteiger partial charge in [-0.05, 0) is 63.5 Å². The van der Waals surface area contributed by atoms with Gasteiger partial charge in [-0.2, -0.15) is 0 Å². The predicted octanol–water partition coefficient (Wildman–Crippen LogP) is 3.49. The lowest BCUT2D eigenvalue weighted by molar-refractivity contribution is -0.226. The van der Waals surface area contributed by atoms with Gasteiger partial charge in [0.15, 0.2) is 22.8 Å². The quantitative estimate of drug-likeness (QED) is 0.695. The lowest BCUT2D eigenvalue weighted by Gasteiger charge is -2.63. The van der Waals surface area contributed by atoms with Crippen LogP contribution in [0.4, 0.5) is 4.39 Å². The molecule has 4 aliphatic rings. The number of ketones is 2. The number of Topliss-reactive ketones (excluding diaryl/α,β-unsaturated/α-hetero) is 1. The van der Waals surface area contributed by atoms with Crippen LogP contribution in [0.1, 0.15) is 60.3 Å². The smallest absolute Gasteiger partial charge is 0.303 e. The van der Waals surface area contributed by atoms with Crippen LogP contribution in [0.25, 0.3) is 0 Å². The van der Waals surface area contributed by atoms with Crippen molar-refractivity contribution < 1.29 is 28.6 Å². The topological polar surface area (TPSA) is 80.7 Å². The van der Waals surface area contributed by atoms with Gasteiger partial charge in [-0.1, -0.05) is 25.5 Å². The Balaban J connectivity index is 1.86. The summed E-state index contributed by atoms with van der Waals surface area (Å²) in [5, 5.41) is 11.3. The van der Waals surface area contributed by atoms with Crippen molar-refractivity contribution in [2.45, 2.75) is 77.7 Å². The molecule has 0 amide bonds. The molecule has 0 heterocycles. The van der Waals surface area contributed by atoms with E-state index in [9.17, 15) is 19.5 Å². The van der Waals surface area contributed by atoms with Gasteiger partial charge in [0.05, 0.1) is 6.10 Å². The summed E-state index contributed by atoms with van der Waals surface area (Å²) in [7, 11) is 0. The molecule has 3 fully saturated rings. The number of carbonyl (C=O) groups excluding carboxylic acids is 3. The predicted molar refractivity (Wildman–Crippen MR) is 108 cm³/mol. The van der Waals surface area contributed by atoms with Crippen LogP contribution in [0.2, 0.25) is 0 Å². The molecule has 0 spiro atoms. The summed E-state index contributed by atoms with van der Waals surface area (Å²) < 4.78 is 22.8. The summed E-state index contributed by atoms with van der Waals surface area (Å²) in [6, 6.07) is 0. The molecular weight excluding hydrogens is 387 g/mol. The number of aliphatic hydroxyl groups is 1. The number of alkyl halides is 1. The summed E-state index contributed by atoms with van der Waals surface area (Å²) in [6.45, 7) is 8.34. The van der Waals surface area contributed by atoms with E-state index in [-0.39, 0.29) is 29.8 Å². The fourth-order valence-electron chi connectivity index (χ4n) is 7.65. The second-order valence-electron chi connectivity index (χ2n) is 10.3. The Labute approximate surface area is 176 Å². The zero-order valence-electron chi connectivity index (χ0n) is 18.3. The summed E-state index contributed by atoms with van der Waals surface area (Å²) in [5.74, 6) is -1.72. The molecule has 0 saturated heterocycles. The molecule has 4 aliphatic carbocycles. The molecule has 1 N–H and O–H groups in total. The molecule has 0 aliphatic heterocycles. The van der Waals surface area contributed by atoms with E-state index in [1.165, 1.54) is 26.0 Å². The zero-order chi connectivity index (χ0) is 22.3. The Kier molecular flexibility index (Phi) is 4.53. The maximum absolute atomic E-state index is 17.1. The van der Waals surface area contributed by atoms with Gasteiger partial charge in [0.25, 0.3) is 0 Å². The Morgan fingerprint density at radius 3 is 2.50 bits per heavy atom. The van der Waals surface area contributed by atoms with E-state index >= 15 is 4.39 Å². The van der Waals surface area contributed by atoms with Crippen molar-refractivity contribution in [2.24, 2.45) is 28.6 Å². The molecule has 4 rings (SSSR count). The first-order chi connectivity index (χ1) is 13.8. The average molecular weight is 419 g/mol. The van der Waals surface area contributed by atoms with Gasteiger partial charge < -0.3 is 9.84 Å². The minimum absolute atomic E-state index is 0.0244. The van der Waals surface area contributed by atoms with Crippen molar-refractivity contribution in [3.05, 3.63) is 23.8 Å². The molecule has 2 unspecified atom stereocenters. The van der Waals surface area contributed by atoms with Gasteiger partial charge in [-0.15, -0.1) is 0 Å². The second kappa shape index (κ2) is 6.35. The molecule has 5 nitrogen and oxygen atoms in total. The largest absolute Gasteiger partial charge is 0.451 e. The van der Waals surface area contributed by atoms with Crippen molar-refractivity contribution in [1.82, 2.24) is 0 Å². The van der Waals surface area contributed by atoms with Crippen LogP contribution in [0, 0.1) is 28.6 Å². The molecule has 6 heteroatoms. The highest BCUT2D eigenvalue weighted by Crippen LogP contribution is 2.71. The van der Waals surface area contributed by atoms with E-state index in [1.807, 2.05) is 13.8 Å². The number of ether oxygens (including phenoxy) is 1. The minimum Gasteiger partial charge on any atom is -0.451 e. The summed E-state index contributed by atoms with van der Waals surface area (Å²) in [6.07, 6.45) is 4.58. The number of carbonyl (C=O) groups is 3. The molecule has 0 aromatic rings. The van der Waals surface area contributed by atoms with Gasteiger partial charge in [-0.25, -0.2) is 4.39 Å². The van der Waals surface area contributed by atoms with E-state index in [0.717, 1.165) is 5.57 Å². The monoisotopic (exact) mass is 418 g/mol. The molecule has 0 radical (unpaired) electrons. The van der Waals surface area contributed by atoms with Crippen LogP contribution in [-0.2, 0) is 19.1 Å². The first-order valence-electron chi connectivity index (χ1n) is 10.9. The second-order valence-corrected chi connectivity index (χ2v) is 10.3. The zero-order valence-corrected chi connectivity index (χ0v) is 18.3. The van der Waals surface area contributed by atoms with Crippen molar-refractivity contribution >= 4 is 17.5 Å². The van der Waals surface area contributed by atoms with Gasteiger partial charge in [-0.3, -0.25) is 14.4 Å². The number of hydrogen-bond donors (Lipinski definition) is 1. The van der Waals surface area contributed by atoms with Crippen LogP contribution in [0.5, 0.6) is 0 Å². The highest BCUT2D eigenvalue weighted by atomic mass is 19.1. The number of rotatable bonds is 2. The van der Waals surface area contributed by atoms with E-state index in [0.29, 0.717) is 19.3 Å². The molecular formula is C24H31FO5. The fraction of sp³-hybridized carbons (Fsp3) is 0.708. The van der Waals surface area contributed by atoms with E-state index in [2.05, 4.69) is 0 Å². The molecule has 30 heavy (non-hydrogen) atoms. The van der Waals surface area contributed by atoms with Crippen molar-refractivity contribution in [3.8, 4) is 0 Å². The summed E-state index contributed by atoms with van der Waals surface area (Å²) in [5.41, 5.74) is -4.52. The first kappa shape index (κ1) is 21.4. The third-order valence-corrected chi connectivity index (χ3v) is 8.98. The van der Waals surface area contributed by atoms with Gasteiger partial charge >= 0.3 is 5.97 Å². The first-order valence-corrected chi connectivity index (χ1v) is 10.9. The van der Waals surface area contributed by atoms with Crippen LogP contribution in [0.15, 0.2) is 23.8 Å². The molecule has 8 atom stereocenters. The van der Waals surface area contributed by atoms with Crippen molar-refractivity contribution in [2.75, 3.05) is 0 Å². The normalized spacial score (nSPS) is 49.6. The van der Waals surface area contributed by atoms with Crippen molar-refractivity contribution in [3.63, 3.8) is 0 Å². The summed E-state index contributed by atoms with van der Waals surface area (Å²) in [4.78, 5) is 36.7. The minimum atomic E-state index is -1.96. The maximum Gasteiger partial charge on any atom is 0.303 e. The lowest BCUT2D eigenvalue weighted by atomic mass is 9.43. The van der Waals surface area contributed by atoms with Crippen molar-refractivity contribution in [1.29, 1.82) is 0 Å². The Morgan fingerprint density at radius 1 is 1.23 bits per heavy atom. The number of halogens is 1. The lowest BCUT2D eigenvalue weighted by Crippen LogP contribution is -2.70. The van der Waals surface area contributed by atoms with Crippen LogP contribution < -0.4 is 0 Å². The maximum atomic E-state index is 17.1.